The van der Waals surface area contributed by atoms with E-state index in [0.29, 0.717) is 17.8 Å². The number of anilines is 2. The van der Waals surface area contributed by atoms with E-state index in [9.17, 15) is 9.59 Å². The Morgan fingerprint density at radius 2 is 1.67 bits per heavy atom. The second-order valence-corrected chi connectivity index (χ2v) is 6.03. The van der Waals surface area contributed by atoms with Crippen LogP contribution in [-0.2, 0) is 0 Å². The molecule has 0 saturated heterocycles. The summed E-state index contributed by atoms with van der Waals surface area (Å²) in [5.41, 5.74) is 6.05. The molecule has 138 valence electrons. The van der Waals surface area contributed by atoms with Crippen LogP contribution in [0.15, 0.2) is 71.3 Å². The summed E-state index contributed by atoms with van der Waals surface area (Å²) in [5.74, 6) is -0.330. The zero-order chi connectivity index (χ0) is 19.2. The van der Waals surface area contributed by atoms with E-state index in [1.165, 1.54) is 6.26 Å². The molecule has 1 aromatic heterocycles. The van der Waals surface area contributed by atoms with Gasteiger partial charge in [0.25, 0.3) is 11.8 Å². The number of benzene rings is 2. The maximum atomic E-state index is 12.5. The Balaban J connectivity index is 1.64. The van der Waals surface area contributed by atoms with Crippen LogP contribution in [0.5, 0.6) is 0 Å². The minimum Gasteiger partial charge on any atom is -0.459 e. The minimum absolute atomic E-state index is 0.221. The topological polar surface area (TPSA) is 74.6 Å². The monoisotopic (exact) mass is 363 g/mol. The molecule has 0 aliphatic heterocycles. The van der Waals surface area contributed by atoms with Crippen molar-refractivity contribution in [1.82, 2.24) is 5.43 Å². The average Bonchev–Trinajstić information content (AvgIpc) is 3.22. The van der Waals surface area contributed by atoms with Gasteiger partial charge in [-0.2, -0.15) is 0 Å². The van der Waals surface area contributed by atoms with Gasteiger partial charge in [-0.05, 0) is 62.4 Å². The van der Waals surface area contributed by atoms with Gasteiger partial charge >= 0.3 is 0 Å². The third-order valence-corrected chi connectivity index (χ3v) is 4.05. The predicted octanol–water partition coefficient (Wildman–Crippen LogP) is 4.01. The minimum atomic E-state index is -0.339. The van der Waals surface area contributed by atoms with Gasteiger partial charge in [0.2, 0.25) is 0 Å². The van der Waals surface area contributed by atoms with Crippen LogP contribution in [0.4, 0.5) is 11.4 Å². The maximum absolute atomic E-state index is 12.5. The van der Waals surface area contributed by atoms with Crippen molar-refractivity contribution in [3.63, 3.8) is 0 Å². The molecule has 2 N–H and O–H groups in total. The zero-order valence-electron chi connectivity index (χ0n) is 15.2. The predicted molar refractivity (Wildman–Crippen MR) is 105 cm³/mol. The molecule has 3 rings (SSSR count). The first-order valence-corrected chi connectivity index (χ1v) is 8.67. The number of hydrogen-bond donors (Lipinski definition) is 2. The summed E-state index contributed by atoms with van der Waals surface area (Å²) < 4.78 is 5.05. The molecule has 6 heteroatoms. The van der Waals surface area contributed by atoms with Crippen LogP contribution in [0.1, 0.15) is 33.4 Å². The quantitative estimate of drug-likeness (QED) is 0.649. The normalized spacial score (nSPS) is 10.3. The Labute approximate surface area is 157 Å². The Morgan fingerprint density at radius 3 is 2.26 bits per heavy atom. The van der Waals surface area contributed by atoms with Crippen molar-refractivity contribution in [3.8, 4) is 0 Å². The van der Waals surface area contributed by atoms with Crippen LogP contribution >= 0.6 is 0 Å². The fourth-order valence-electron chi connectivity index (χ4n) is 2.54. The molecule has 0 saturated carbocycles. The third kappa shape index (κ3) is 4.55. The SMILES string of the molecule is CCN(NC(=O)c1ccc(NC(=O)c2ccco2)cc1)c1ccc(C)cc1. The highest BCUT2D eigenvalue weighted by Crippen LogP contribution is 2.15. The number of carbonyl (C=O) groups excluding carboxylic acids is 2. The van der Waals surface area contributed by atoms with Crippen LogP contribution in [0, 0.1) is 6.92 Å². The summed E-state index contributed by atoms with van der Waals surface area (Å²) in [7, 11) is 0. The van der Waals surface area contributed by atoms with E-state index in [4.69, 9.17) is 4.42 Å². The van der Waals surface area contributed by atoms with E-state index in [1.807, 2.05) is 38.1 Å². The lowest BCUT2D eigenvalue weighted by atomic mass is 10.2. The van der Waals surface area contributed by atoms with E-state index in [-0.39, 0.29) is 17.6 Å². The summed E-state index contributed by atoms with van der Waals surface area (Å²) >= 11 is 0. The highest BCUT2D eigenvalue weighted by molar-refractivity contribution is 6.02. The van der Waals surface area contributed by atoms with Gasteiger partial charge in [-0.1, -0.05) is 17.7 Å². The van der Waals surface area contributed by atoms with Crippen LogP contribution in [-0.4, -0.2) is 18.4 Å². The van der Waals surface area contributed by atoms with Crippen molar-refractivity contribution in [2.24, 2.45) is 0 Å². The first kappa shape index (κ1) is 18.3. The van der Waals surface area contributed by atoms with Crippen molar-refractivity contribution in [2.45, 2.75) is 13.8 Å². The first-order chi connectivity index (χ1) is 13.1. The van der Waals surface area contributed by atoms with Crippen LogP contribution in [0.3, 0.4) is 0 Å². The molecular weight excluding hydrogens is 342 g/mol. The largest absolute Gasteiger partial charge is 0.459 e. The lowest BCUT2D eigenvalue weighted by molar-refractivity contribution is 0.0948. The maximum Gasteiger partial charge on any atom is 0.291 e. The van der Waals surface area contributed by atoms with E-state index >= 15 is 0 Å². The molecule has 1 heterocycles. The standard InChI is InChI=1S/C21H21N3O3/c1-3-24(18-12-6-15(2)7-13-18)23-20(25)16-8-10-17(11-9-16)22-21(26)19-5-4-14-27-19/h4-14H,3H2,1-2H3,(H,22,26)(H,23,25). The highest BCUT2D eigenvalue weighted by atomic mass is 16.3. The lowest BCUT2D eigenvalue weighted by Gasteiger charge is -2.24. The van der Waals surface area contributed by atoms with Crippen molar-refractivity contribution < 1.29 is 14.0 Å². The smallest absolute Gasteiger partial charge is 0.291 e. The van der Waals surface area contributed by atoms with Crippen LogP contribution in [0.25, 0.3) is 0 Å². The molecule has 0 aliphatic rings. The molecule has 27 heavy (non-hydrogen) atoms. The van der Waals surface area contributed by atoms with Crippen molar-refractivity contribution in [3.05, 3.63) is 83.8 Å². The molecule has 0 radical (unpaired) electrons. The van der Waals surface area contributed by atoms with E-state index < -0.39 is 0 Å². The summed E-state index contributed by atoms with van der Waals surface area (Å²) in [5, 5.41) is 4.50. The van der Waals surface area contributed by atoms with Crippen molar-refractivity contribution in [2.75, 3.05) is 16.9 Å². The summed E-state index contributed by atoms with van der Waals surface area (Å²) in [6.07, 6.45) is 1.44. The van der Waals surface area contributed by atoms with Gasteiger partial charge in [-0.3, -0.25) is 20.0 Å². The Hall–Kier alpha value is -3.54. The van der Waals surface area contributed by atoms with E-state index in [2.05, 4.69) is 10.7 Å². The number of hydrogen-bond acceptors (Lipinski definition) is 4. The molecule has 0 unspecified atom stereocenters. The molecule has 0 aliphatic carbocycles. The number of nitrogens with one attached hydrogen (secondary N) is 2. The number of carbonyl (C=O) groups is 2. The number of rotatable bonds is 6. The number of furan rings is 1. The highest BCUT2D eigenvalue weighted by Gasteiger charge is 2.12. The third-order valence-electron chi connectivity index (χ3n) is 4.05. The second-order valence-electron chi connectivity index (χ2n) is 6.03. The van der Waals surface area contributed by atoms with Gasteiger partial charge in [-0.25, -0.2) is 0 Å². The van der Waals surface area contributed by atoms with Gasteiger partial charge in [0.05, 0.1) is 12.0 Å². The van der Waals surface area contributed by atoms with Gasteiger partial charge < -0.3 is 9.73 Å². The molecule has 0 fully saturated rings. The van der Waals surface area contributed by atoms with Crippen molar-refractivity contribution in [1.29, 1.82) is 0 Å². The average molecular weight is 363 g/mol. The van der Waals surface area contributed by atoms with E-state index in [0.717, 1.165) is 11.3 Å². The number of aryl methyl sites for hydroxylation is 1. The van der Waals surface area contributed by atoms with Gasteiger partial charge in [0.15, 0.2) is 5.76 Å². The Morgan fingerprint density at radius 1 is 0.963 bits per heavy atom. The molecule has 2 amide bonds. The summed E-state index contributed by atoms with van der Waals surface area (Å²) in [6.45, 7) is 4.62. The van der Waals surface area contributed by atoms with Gasteiger partial charge in [0, 0.05) is 17.8 Å². The number of nitrogens with zero attached hydrogens (tertiary/aromatic N) is 1. The molecule has 6 nitrogen and oxygen atoms in total. The Kier molecular flexibility index (Phi) is 5.56. The molecule has 3 aromatic rings. The number of amides is 2. The van der Waals surface area contributed by atoms with Crippen LogP contribution in [0.2, 0.25) is 0 Å². The fraction of sp³-hybridized carbons (Fsp3) is 0.143. The first-order valence-electron chi connectivity index (χ1n) is 8.67. The van der Waals surface area contributed by atoms with Gasteiger partial charge in [0.1, 0.15) is 0 Å². The molecule has 0 spiro atoms. The molecular formula is C21H21N3O3. The summed E-state index contributed by atoms with van der Waals surface area (Å²) in [6, 6.07) is 17.8. The van der Waals surface area contributed by atoms with E-state index in [1.54, 1.807) is 41.4 Å². The fourth-order valence-corrected chi connectivity index (χ4v) is 2.54. The molecule has 0 atom stereocenters. The number of hydrazine groups is 1. The van der Waals surface area contributed by atoms with Crippen LogP contribution < -0.4 is 15.8 Å². The zero-order valence-corrected chi connectivity index (χ0v) is 15.2. The van der Waals surface area contributed by atoms with Crippen molar-refractivity contribution >= 4 is 23.2 Å². The molecule has 0 bridgehead atoms. The Bertz CT molecular complexity index is 901. The molecule has 2 aromatic carbocycles. The second kappa shape index (κ2) is 8.23. The summed E-state index contributed by atoms with van der Waals surface area (Å²) in [4.78, 5) is 24.5. The van der Waals surface area contributed by atoms with Gasteiger partial charge in [-0.15, -0.1) is 0 Å². The lowest BCUT2D eigenvalue weighted by Crippen LogP contribution is -2.42.